The molecule has 2 saturated heterocycles. The van der Waals surface area contributed by atoms with Gasteiger partial charge < -0.3 is 14.8 Å². The second-order valence-electron chi connectivity index (χ2n) is 11.9. The fourth-order valence-electron chi connectivity index (χ4n) is 6.73. The predicted molar refractivity (Wildman–Crippen MR) is 162 cm³/mol. The van der Waals surface area contributed by atoms with E-state index in [1.165, 1.54) is 5.01 Å². The molecule has 0 saturated carbocycles. The maximum absolute atomic E-state index is 14.4. The molecule has 1 aromatic heterocycles. The van der Waals surface area contributed by atoms with Crippen molar-refractivity contribution in [2.24, 2.45) is 10.5 Å². The summed E-state index contributed by atoms with van der Waals surface area (Å²) in [6.45, 7) is 1.91. The second-order valence-corrected chi connectivity index (χ2v) is 13.9. The number of likely N-dealkylation sites (tertiary alicyclic amines) is 2. The van der Waals surface area contributed by atoms with Crippen LogP contribution in [0.1, 0.15) is 30.4 Å². The summed E-state index contributed by atoms with van der Waals surface area (Å²) in [5.41, 5.74) is 2.59. The van der Waals surface area contributed by atoms with Gasteiger partial charge in [0, 0.05) is 43.7 Å². The third-order valence-electron chi connectivity index (χ3n) is 9.07. The number of carbonyl (C=O) groups excluding carboxylic acids is 2. The molecule has 10 nitrogen and oxygen atoms in total. The number of piperidine rings is 2. The lowest BCUT2D eigenvalue weighted by atomic mass is 9.73. The van der Waals surface area contributed by atoms with Crippen LogP contribution in [0.4, 0.5) is 0 Å². The van der Waals surface area contributed by atoms with Gasteiger partial charge in [-0.05, 0) is 63.0 Å². The molecule has 3 aliphatic rings. The van der Waals surface area contributed by atoms with E-state index in [-0.39, 0.29) is 24.8 Å². The van der Waals surface area contributed by atoms with Gasteiger partial charge in [0.1, 0.15) is 11.5 Å². The molecule has 0 radical (unpaired) electrons. The van der Waals surface area contributed by atoms with Crippen molar-refractivity contribution in [1.29, 1.82) is 0 Å². The Morgan fingerprint density at radius 1 is 1.07 bits per heavy atom. The van der Waals surface area contributed by atoms with Crippen molar-refractivity contribution >= 4 is 38.5 Å². The van der Waals surface area contributed by atoms with Gasteiger partial charge in [0.25, 0.3) is 5.91 Å². The fraction of sp³-hybridized carbons (Fsp3) is 0.452. The van der Waals surface area contributed by atoms with Gasteiger partial charge in [-0.2, -0.15) is 5.10 Å². The SMILES string of the molecule is CN1CCC(S(=O)(=O)NC(Cc2c[nH]c3ccccc23)C(=O)N2CCC3=NN(C)C(=O)C3(Cc3ccccc3)C2)CC1. The summed E-state index contributed by atoms with van der Waals surface area (Å²) in [5, 5.41) is 6.35. The van der Waals surface area contributed by atoms with E-state index < -0.39 is 26.7 Å². The van der Waals surface area contributed by atoms with Crippen LogP contribution in [0.2, 0.25) is 0 Å². The standard InChI is InChI=1S/C31H38N6O4S/c1-35-15-12-24(13-16-35)42(40,41)34-27(18-23-20-32-26-11-7-6-10-25(23)26)29(38)37-17-14-28-31(21-37,30(39)36(2)33-28)19-22-8-4-3-5-9-22/h3-11,20,24,27,32,34H,12-19,21H2,1-2H3. The lowest BCUT2D eigenvalue weighted by Crippen LogP contribution is -2.59. The van der Waals surface area contributed by atoms with Gasteiger partial charge in [-0.1, -0.05) is 48.5 Å². The zero-order valence-electron chi connectivity index (χ0n) is 24.1. The van der Waals surface area contributed by atoms with Crippen LogP contribution in [-0.2, 0) is 32.5 Å². The number of fused-ring (bicyclic) bond motifs is 2. The average molecular weight is 591 g/mol. The number of benzene rings is 2. The summed E-state index contributed by atoms with van der Waals surface area (Å²) < 4.78 is 30.2. The number of carbonyl (C=O) groups is 2. The van der Waals surface area contributed by atoms with E-state index >= 15 is 0 Å². The summed E-state index contributed by atoms with van der Waals surface area (Å²) in [7, 11) is -0.139. The van der Waals surface area contributed by atoms with E-state index in [1.807, 2.05) is 67.8 Å². The lowest BCUT2D eigenvalue weighted by molar-refractivity contribution is -0.140. The van der Waals surface area contributed by atoms with Crippen LogP contribution in [0.5, 0.6) is 0 Å². The molecule has 42 heavy (non-hydrogen) atoms. The highest BCUT2D eigenvalue weighted by Gasteiger charge is 2.54. The molecule has 11 heteroatoms. The Labute approximate surface area is 246 Å². The minimum atomic E-state index is -3.78. The van der Waals surface area contributed by atoms with E-state index in [0.29, 0.717) is 45.3 Å². The molecule has 0 bridgehead atoms. The second kappa shape index (κ2) is 11.3. The number of nitrogens with zero attached hydrogens (tertiary/aromatic N) is 4. The van der Waals surface area contributed by atoms with E-state index in [1.54, 1.807) is 11.9 Å². The molecular formula is C31H38N6O4S. The maximum Gasteiger partial charge on any atom is 0.256 e. The average Bonchev–Trinajstić information content (AvgIpc) is 3.50. The zero-order valence-corrected chi connectivity index (χ0v) is 24.9. The first kappa shape index (κ1) is 28.6. The van der Waals surface area contributed by atoms with Crippen molar-refractivity contribution in [2.45, 2.75) is 43.4 Å². The summed E-state index contributed by atoms with van der Waals surface area (Å²) >= 11 is 0. The van der Waals surface area contributed by atoms with Gasteiger partial charge in [-0.25, -0.2) is 18.1 Å². The highest BCUT2D eigenvalue weighted by atomic mass is 32.2. The molecule has 2 amide bonds. The largest absolute Gasteiger partial charge is 0.361 e. The first-order valence-corrected chi connectivity index (χ1v) is 16.1. The molecule has 2 unspecified atom stereocenters. The van der Waals surface area contributed by atoms with Gasteiger partial charge in [0.2, 0.25) is 15.9 Å². The quantitative estimate of drug-likeness (QED) is 0.418. The fourth-order valence-corrected chi connectivity index (χ4v) is 8.33. The molecule has 2 fully saturated rings. The van der Waals surface area contributed by atoms with Gasteiger partial charge in [0.05, 0.1) is 11.0 Å². The lowest BCUT2D eigenvalue weighted by Gasteiger charge is -2.41. The Hall–Kier alpha value is -3.54. The summed E-state index contributed by atoms with van der Waals surface area (Å²) in [4.78, 5) is 35.0. The Kier molecular flexibility index (Phi) is 7.67. The predicted octanol–water partition coefficient (Wildman–Crippen LogP) is 2.38. The van der Waals surface area contributed by atoms with Crippen LogP contribution in [-0.4, -0.2) is 97.3 Å². The number of sulfonamides is 1. The first-order chi connectivity index (χ1) is 20.2. The minimum absolute atomic E-state index is 0.140. The molecule has 222 valence electrons. The number of hydrazone groups is 1. The number of H-pyrrole nitrogens is 1. The third kappa shape index (κ3) is 5.36. The number of aromatic nitrogens is 1. The molecule has 3 aromatic rings. The van der Waals surface area contributed by atoms with Crippen molar-refractivity contribution in [2.75, 3.05) is 40.3 Å². The van der Waals surface area contributed by atoms with Crippen LogP contribution in [0.25, 0.3) is 10.9 Å². The van der Waals surface area contributed by atoms with Gasteiger partial charge in [-0.15, -0.1) is 0 Å². The van der Waals surface area contributed by atoms with Gasteiger partial charge in [-0.3, -0.25) is 9.59 Å². The summed E-state index contributed by atoms with van der Waals surface area (Å²) in [6, 6.07) is 16.6. The monoisotopic (exact) mass is 590 g/mol. The van der Waals surface area contributed by atoms with Crippen molar-refractivity contribution in [3.63, 3.8) is 0 Å². The van der Waals surface area contributed by atoms with Crippen molar-refractivity contribution < 1.29 is 18.0 Å². The van der Waals surface area contributed by atoms with Crippen molar-refractivity contribution in [1.82, 2.24) is 24.5 Å². The van der Waals surface area contributed by atoms with Gasteiger partial charge in [0.15, 0.2) is 0 Å². The molecule has 2 N–H and O–H groups in total. The van der Waals surface area contributed by atoms with Crippen LogP contribution >= 0.6 is 0 Å². The van der Waals surface area contributed by atoms with Crippen molar-refractivity contribution in [3.8, 4) is 0 Å². The van der Waals surface area contributed by atoms with Crippen LogP contribution in [0.15, 0.2) is 65.9 Å². The van der Waals surface area contributed by atoms with E-state index in [9.17, 15) is 18.0 Å². The highest BCUT2D eigenvalue weighted by molar-refractivity contribution is 7.90. The molecule has 2 aromatic carbocycles. The highest BCUT2D eigenvalue weighted by Crippen LogP contribution is 2.38. The maximum atomic E-state index is 14.4. The molecule has 6 rings (SSSR count). The van der Waals surface area contributed by atoms with Crippen molar-refractivity contribution in [3.05, 3.63) is 71.9 Å². The number of amides is 2. The Morgan fingerprint density at radius 2 is 1.79 bits per heavy atom. The zero-order chi connectivity index (χ0) is 29.5. The molecule has 4 heterocycles. The van der Waals surface area contributed by atoms with Gasteiger partial charge >= 0.3 is 0 Å². The van der Waals surface area contributed by atoms with E-state index in [2.05, 4.69) is 19.7 Å². The molecule has 0 aliphatic carbocycles. The van der Waals surface area contributed by atoms with E-state index in [4.69, 9.17) is 0 Å². The molecule has 0 spiro atoms. The Bertz CT molecular complexity index is 1610. The van der Waals surface area contributed by atoms with Crippen LogP contribution < -0.4 is 4.72 Å². The normalized spacial score (nSPS) is 22.8. The number of hydrogen-bond donors (Lipinski definition) is 2. The van der Waals surface area contributed by atoms with Crippen LogP contribution in [0, 0.1) is 5.41 Å². The smallest absolute Gasteiger partial charge is 0.256 e. The van der Waals surface area contributed by atoms with E-state index in [0.717, 1.165) is 27.7 Å². The number of hydrogen-bond acceptors (Lipinski definition) is 6. The number of para-hydroxylation sites is 1. The number of rotatable bonds is 8. The van der Waals surface area contributed by atoms with Crippen LogP contribution in [0.3, 0.4) is 0 Å². The first-order valence-electron chi connectivity index (χ1n) is 14.6. The summed E-state index contributed by atoms with van der Waals surface area (Å²) in [5.74, 6) is -0.454. The third-order valence-corrected chi connectivity index (χ3v) is 11.0. The molecule has 3 aliphatic heterocycles. The topological polar surface area (TPSA) is 118 Å². The Balaban J connectivity index is 1.31. The number of aromatic amines is 1. The Morgan fingerprint density at radius 3 is 2.55 bits per heavy atom. The molecular weight excluding hydrogens is 552 g/mol. The molecule has 2 atom stereocenters. The summed E-state index contributed by atoms with van der Waals surface area (Å²) in [6.07, 6.45) is 3.97. The number of nitrogens with one attached hydrogen (secondary N) is 2. The minimum Gasteiger partial charge on any atom is -0.361 e.